The third-order valence-electron chi connectivity index (χ3n) is 12.4. The molecule has 0 bridgehead atoms. The molecular weight excluding hydrogens is 964 g/mol. The van der Waals surface area contributed by atoms with E-state index in [2.05, 4.69) is 4.90 Å². The highest BCUT2D eigenvalue weighted by Gasteiger charge is 2.54. The Morgan fingerprint density at radius 3 is 1.33 bits per heavy atom. The average molecular weight is 1020 g/mol. The van der Waals surface area contributed by atoms with Crippen LogP contribution < -0.4 is 34.6 Å². The van der Waals surface area contributed by atoms with Crippen molar-refractivity contribution in [3.8, 4) is 28.7 Å². The topological polar surface area (TPSA) is 226 Å². The number of benzene rings is 4. The summed E-state index contributed by atoms with van der Waals surface area (Å²) in [6, 6.07) is 23.9. The van der Waals surface area contributed by atoms with Gasteiger partial charge in [0.25, 0.3) is 11.8 Å². The maximum absolute atomic E-state index is 13.5. The third-order valence-corrected chi connectivity index (χ3v) is 17.5. The second-order valence-electron chi connectivity index (χ2n) is 16.9. The summed E-state index contributed by atoms with van der Waals surface area (Å²) in [6.45, 7) is 2.62. The summed E-state index contributed by atoms with van der Waals surface area (Å²) in [6.07, 6.45) is -0.125. The molecule has 17 nitrogen and oxygen atoms in total. The van der Waals surface area contributed by atoms with Gasteiger partial charge in [0.05, 0.1) is 48.9 Å². The number of carbonyl (C=O) groups is 2. The van der Waals surface area contributed by atoms with E-state index in [-0.39, 0.29) is 61.9 Å². The lowest BCUT2D eigenvalue weighted by Gasteiger charge is -2.39. The summed E-state index contributed by atoms with van der Waals surface area (Å²) in [4.78, 5) is 27.0. The lowest BCUT2D eigenvalue weighted by Crippen LogP contribution is -2.58. The second kappa shape index (κ2) is 24.0. The van der Waals surface area contributed by atoms with Crippen molar-refractivity contribution in [1.82, 2.24) is 15.9 Å². The molecule has 0 spiro atoms. The largest absolute Gasteiger partial charge is 0.497 e. The number of alkyl halides is 3. The minimum atomic E-state index is -4.40. The highest BCUT2D eigenvalue weighted by atomic mass is 32.2. The lowest BCUT2D eigenvalue weighted by atomic mass is 9.94. The van der Waals surface area contributed by atoms with Crippen LogP contribution in [-0.4, -0.2) is 119 Å². The maximum atomic E-state index is 13.5. The Hall–Kier alpha value is -5.65. The molecule has 70 heavy (non-hydrogen) atoms. The zero-order valence-electron chi connectivity index (χ0n) is 38.5. The Kier molecular flexibility index (Phi) is 18.4. The number of rotatable bonds is 21. The molecule has 1 saturated carbocycles. The van der Waals surface area contributed by atoms with Gasteiger partial charge in [0.15, 0.2) is 29.2 Å². The molecule has 4 aromatic rings. The Labute approximate surface area is 404 Å². The lowest BCUT2D eigenvalue weighted by molar-refractivity contribution is -0.137. The third kappa shape index (κ3) is 13.0. The molecule has 2 heterocycles. The fourth-order valence-corrected chi connectivity index (χ4v) is 12.0. The van der Waals surface area contributed by atoms with Crippen LogP contribution in [0.3, 0.4) is 0 Å². The standard InChI is InChI=1S/C25H29F3N2O6S.C23H29NO8S/c26-25(27,28)18-2-6-20(7-3-18)35-16-1-17-36-21-8-10-22(11-9-21)37(33,34)24(23(31)29-32)12-14-30(15-13-24)19-4-5-19;1-29-18-4-6-19(7-5-18)31-14-2-3-15-32-20-8-10-21(11-9-20)33(27,28)23(22(25)24-26)12-16-30-17-13-23/h2-3,6-11,19,32H,1,4-5,12-17H2,(H,29,31);4-11,26H,2-3,12-17H2,1H3,(H,24,25). The molecule has 2 amide bonds. The van der Waals surface area contributed by atoms with Gasteiger partial charge in [-0.2, -0.15) is 13.2 Å². The van der Waals surface area contributed by atoms with Crippen molar-refractivity contribution in [3.05, 3.63) is 103 Å². The number of carbonyl (C=O) groups excluding carboxylic acids is 2. The van der Waals surface area contributed by atoms with Crippen LogP contribution in [0.1, 0.15) is 63.4 Å². The van der Waals surface area contributed by atoms with Gasteiger partial charge < -0.3 is 33.3 Å². The number of ether oxygens (including phenoxy) is 6. The number of methoxy groups -OCH3 is 1. The Balaban J connectivity index is 0.000000231. The highest BCUT2D eigenvalue weighted by molar-refractivity contribution is 7.94. The molecule has 2 saturated heterocycles. The van der Waals surface area contributed by atoms with Crippen LogP contribution in [0.2, 0.25) is 0 Å². The van der Waals surface area contributed by atoms with Crippen LogP contribution in [0.15, 0.2) is 107 Å². The quantitative estimate of drug-likeness (QED) is 0.0392. The predicted octanol–water partition coefficient (Wildman–Crippen LogP) is 6.59. The van der Waals surface area contributed by atoms with E-state index in [4.69, 9.17) is 33.6 Å². The number of nitrogens with one attached hydrogen (secondary N) is 2. The highest BCUT2D eigenvalue weighted by Crippen LogP contribution is 2.40. The van der Waals surface area contributed by atoms with E-state index in [1.54, 1.807) is 24.7 Å². The Morgan fingerprint density at radius 2 is 0.957 bits per heavy atom. The normalized spacial score (nSPS) is 16.9. The van der Waals surface area contributed by atoms with Crippen LogP contribution in [-0.2, 0) is 40.2 Å². The zero-order valence-corrected chi connectivity index (χ0v) is 40.2. The van der Waals surface area contributed by atoms with Crippen molar-refractivity contribution in [3.63, 3.8) is 0 Å². The van der Waals surface area contributed by atoms with Gasteiger partial charge in [-0.1, -0.05) is 0 Å². The van der Waals surface area contributed by atoms with Gasteiger partial charge in [0, 0.05) is 38.8 Å². The van der Waals surface area contributed by atoms with Crippen molar-refractivity contribution in [2.45, 2.75) is 89.3 Å². The van der Waals surface area contributed by atoms with E-state index in [0.717, 1.165) is 49.3 Å². The number of hydrogen-bond donors (Lipinski definition) is 4. The Bertz CT molecular complexity index is 2530. The van der Waals surface area contributed by atoms with Gasteiger partial charge in [0.1, 0.15) is 28.7 Å². The summed E-state index contributed by atoms with van der Waals surface area (Å²) in [7, 11) is -6.53. The molecule has 22 heteroatoms. The van der Waals surface area contributed by atoms with E-state index in [9.17, 15) is 44.8 Å². The van der Waals surface area contributed by atoms with Gasteiger partial charge in [-0.05, 0) is 148 Å². The number of piperidine rings is 1. The number of amides is 2. The van der Waals surface area contributed by atoms with Gasteiger partial charge in [0.2, 0.25) is 0 Å². The number of hydroxylamine groups is 2. The first-order valence-corrected chi connectivity index (χ1v) is 25.7. The molecule has 0 radical (unpaired) electrons. The molecule has 4 N–H and O–H groups in total. The first-order valence-electron chi connectivity index (χ1n) is 22.7. The molecular formula is C48H58F3N3O14S2. The van der Waals surface area contributed by atoms with Crippen LogP contribution in [0.4, 0.5) is 13.2 Å². The van der Waals surface area contributed by atoms with Crippen molar-refractivity contribution < 1.29 is 78.4 Å². The van der Waals surface area contributed by atoms with Crippen molar-refractivity contribution in [2.75, 3.05) is 59.8 Å². The first-order chi connectivity index (χ1) is 33.5. The van der Waals surface area contributed by atoms with E-state index < -0.39 is 52.7 Å². The summed E-state index contributed by atoms with van der Waals surface area (Å²) in [5.41, 5.74) is 2.32. The first kappa shape index (κ1) is 53.7. The number of hydrogen-bond acceptors (Lipinski definition) is 15. The molecule has 4 aromatic carbocycles. The maximum Gasteiger partial charge on any atom is 0.416 e. The minimum absolute atomic E-state index is 0.00626. The number of likely N-dealkylation sites (tertiary alicyclic amines) is 1. The van der Waals surface area contributed by atoms with Crippen LogP contribution in [0.25, 0.3) is 0 Å². The average Bonchev–Trinajstić information content (AvgIpc) is 4.24. The summed E-state index contributed by atoms with van der Waals surface area (Å²) >= 11 is 0. The van der Waals surface area contributed by atoms with Gasteiger partial charge >= 0.3 is 6.18 Å². The smallest absolute Gasteiger partial charge is 0.416 e. The van der Waals surface area contributed by atoms with E-state index in [0.29, 0.717) is 56.0 Å². The molecule has 0 unspecified atom stereocenters. The Morgan fingerprint density at radius 1 is 0.600 bits per heavy atom. The van der Waals surface area contributed by atoms with Crippen molar-refractivity contribution >= 4 is 31.5 Å². The molecule has 3 fully saturated rings. The van der Waals surface area contributed by atoms with Crippen LogP contribution >= 0.6 is 0 Å². The number of sulfone groups is 2. The molecule has 0 aromatic heterocycles. The van der Waals surface area contributed by atoms with E-state index >= 15 is 0 Å². The van der Waals surface area contributed by atoms with Crippen molar-refractivity contribution in [1.29, 1.82) is 0 Å². The fourth-order valence-electron chi connectivity index (χ4n) is 8.15. The van der Waals surface area contributed by atoms with Gasteiger partial charge in [-0.25, -0.2) is 27.8 Å². The van der Waals surface area contributed by atoms with Gasteiger partial charge in [-0.15, -0.1) is 0 Å². The van der Waals surface area contributed by atoms with E-state index in [1.807, 2.05) is 24.3 Å². The molecule has 382 valence electrons. The monoisotopic (exact) mass is 1020 g/mol. The molecule has 3 aliphatic rings. The zero-order chi connectivity index (χ0) is 50.4. The molecule has 1 aliphatic carbocycles. The number of unbranched alkanes of at least 4 members (excludes halogenated alkanes) is 1. The number of nitrogens with zero attached hydrogens (tertiary/aromatic N) is 1. The number of halogens is 3. The van der Waals surface area contributed by atoms with Crippen LogP contribution in [0.5, 0.6) is 28.7 Å². The minimum Gasteiger partial charge on any atom is -0.497 e. The fraction of sp³-hybridized carbons (Fsp3) is 0.458. The van der Waals surface area contributed by atoms with E-state index in [1.165, 1.54) is 54.0 Å². The van der Waals surface area contributed by atoms with Gasteiger partial charge in [-0.3, -0.25) is 20.0 Å². The predicted molar refractivity (Wildman–Crippen MR) is 247 cm³/mol. The summed E-state index contributed by atoms with van der Waals surface area (Å²) in [5, 5.41) is 18.4. The molecule has 0 atom stereocenters. The van der Waals surface area contributed by atoms with Crippen LogP contribution in [0, 0.1) is 0 Å². The SMILES string of the molecule is COc1ccc(OCCCCOc2ccc(S(=O)(=O)C3(C(=O)NO)CCOCC3)cc2)cc1.O=C(NO)C1(S(=O)(=O)c2ccc(OCCCOc3ccc(C(F)(F)F)cc3)cc2)CCN(C2CC2)CC1. The summed E-state index contributed by atoms with van der Waals surface area (Å²) < 4.78 is 121. The molecule has 2 aliphatic heterocycles. The molecule has 7 rings (SSSR count). The second-order valence-corrected chi connectivity index (χ2v) is 21.4. The van der Waals surface area contributed by atoms with Crippen molar-refractivity contribution in [2.24, 2.45) is 0 Å². The summed E-state index contributed by atoms with van der Waals surface area (Å²) in [5.74, 6) is 0.931.